The van der Waals surface area contributed by atoms with Crippen molar-refractivity contribution in [1.29, 1.82) is 0 Å². The zero-order valence-electron chi connectivity index (χ0n) is 17.9. The number of aryl methyl sites for hydroxylation is 1. The fourth-order valence-electron chi connectivity index (χ4n) is 4.20. The third-order valence-electron chi connectivity index (χ3n) is 5.82. The highest BCUT2D eigenvalue weighted by Crippen LogP contribution is 2.27. The summed E-state index contributed by atoms with van der Waals surface area (Å²) in [6.07, 6.45) is 4.51. The minimum absolute atomic E-state index is 0. The van der Waals surface area contributed by atoms with Crippen LogP contribution in [0.5, 0.6) is 0 Å². The van der Waals surface area contributed by atoms with Crippen molar-refractivity contribution in [2.75, 3.05) is 51.2 Å². The quantitative estimate of drug-likeness (QED) is 0.714. The van der Waals surface area contributed by atoms with Crippen LogP contribution in [-0.4, -0.2) is 77.7 Å². The lowest BCUT2D eigenvalue weighted by Gasteiger charge is -2.36. The van der Waals surface area contributed by atoms with E-state index in [0.29, 0.717) is 32.7 Å². The van der Waals surface area contributed by atoms with Gasteiger partial charge in [-0.25, -0.2) is 0 Å². The predicted molar refractivity (Wildman–Crippen MR) is 125 cm³/mol. The number of nitrogens with zero attached hydrogens (tertiary/aromatic N) is 5. The SMILES string of the molecule is CNC(C(=O)N1CCN(CC(=O)N2CCc3ccccc32)CC1)c1cnn(C)c1.Cl.Cl. The maximum Gasteiger partial charge on any atom is 0.244 e. The van der Waals surface area contributed by atoms with E-state index >= 15 is 0 Å². The van der Waals surface area contributed by atoms with Crippen LogP contribution in [0.25, 0.3) is 0 Å². The van der Waals surface area contributed by atoms with Crippen molar-refractivity contribution in [3.8, 4) is 0 Å². The smallest absolute Gasteiger partial charge is 0.244 e. The molecule has 0 aliphatic carbocycles. The largest absolute Gasteiger partial charge is 0.338 e. The molecule has 10 heteroatoms. The number of anilines is 1. The number of fused-ring (bicyclic) bond motifs is 1. The van der Waals surface area contributed by atoms with Crippen LogP contribution in [0, 0.1) is 0 Å². The number of hydrogen-bond donors (Lipinski definition) is 1. The van der Waals surface area contributed by atoms with E-state index in [1.807, 2.05) is 41.2 Å². The molecule has 2 amide bonds. The van der Waals surface area contributed by atoms with Gasteiger partial charge >= 0.3 is 0 Å². The maximum absolute atomic E-state index is 12.9. The summed E-state index contributed by atoms with van der Waals surface area (Å²) in [4.78, 5) is 31.7. The monoisotopic (exact) mass is 468 g/mol. The zero-order chi connectivity index (χ0) is 20.4. The molecular weight excluding hydrogens is 439 g/mol. The Hall–Kier alpha value is -2.13. The number of aromatic nitrogens is 2. The van der Waals surface area contributed by atoms with Gasteiger partial charge in [-0.1, -0.05) is 18.2 Å². The van der Waals surface area contributed by atoms with Gasteiger partial charge in [-0.05, 0) is 25.1 Å². The van der Waals surface area contributed by atoms with Gasteiger partial charge in [0.25, 0.3) is 0 Å². The van der Waals surface area contributed by atoms with Gasteiger partial charge < -0.3 is 15.1 Å². The molecule has 1 fully saturated rings. The normalized spacial score (nSPS) is 16.8. The summed E-state index contributed by atoms with van der Waals surface area (Å²) in [7, 11) is 3.63. The molecule has 1 aromatic carbocycles. The first-order valence-electron chi connectivity index (χ1n) is 10.1. The van der Waals surface area contributed by atoms with Gasteiger partial charge in [0.1, 0.15) is 6.04 Å². The molecule has 0 saturated carbocycles. The Kier molecular flexibility index (Phi) is 8.88. The van der Waals surface area contributed by atoms with Gasteiger partial charge in [0.2, 0.25) is 11.8 Å². The van der Waals surface area contributed by atoms with E-state index in [-0.39, 0.29) is 36.6 Å². The minimum atomic E-state index is -0.391. The average molecular weight is 469 g/mol. The molecule has 2 aromatic rings. The standard InChI is InChI=1S/C21H28N6O2.2ClH/c1-22-20(17-13-23-24(2)14-17)21(29)26-11-9-25(10-12-26)15-19(28)27-8-7-16-5-3-4-6-18(16)27;;/h3-6,13-14,20,22H,7-12,15H2,1-2H3;2*1H. The lowest BCUT2D eigenvalue weighted by molar-refractivity contribution is -0.135. The zero-order valence-corrected chi connectivity index (χ0v) is 19.5. The molecule has 1 atom stereocenters. The Labute approximate surface area is 195 Å². The molecule has 1 saturated heterocycles. The molecule has 1 N–H and O–H groups in total. The Morgan fingerprint density at radius 2 is 1.81 bits per heavy atom. The number of rotatable bonds is 5. The Balaban J connectivity index is 0.00000171. The third-order valence-corrected chi connectivity index (χ3v) is 5.82. The van der Waals surface area contributed by atoms with Crippen LogP contribution in [0.15, 0.2) is 36.7 Å². The molecular formula is C21H30Cl2N6O2. The van der Waals surface area contributed by atoms with E-state index in [4.69, 9.17) is 0 Å². The molecule has 8 nitrogen and oxygen atoms in total. The molecule has 0 spiro atoms. The molecule has 31 heavy (non-hydrogen) atoms. The van der Waals surface area contributed by atoms with Gasteiger partial charge in [-0.3, -0.25) is 19.2 Å². The number of hydrogen-bond acceptors (Lipinski definition) is 5. The fraction of sp³-hybridized carbons (Fsp3) is 0.476. The van der Waals surface area contributed by atoms with E-state index in [1.165, 1.54) is 5.56 Å². The molecule has 0 radical (unpaired) electrons. The van der Waals surface area contributed by atoms with Crippen LogP contribution >= 0.6 is 24.8 Å². The summed E-state index contributed by atoms with van der Waals surface area (Å²) < 4.78 is 1.70. The van der Waals surface area contributed by atoms with Gasteiger partial charge in [0, 0.05) is 57.2 Å². The Morgan fingerprint density at radius 1 is 1.10 bits per heavy atom. The molecule has 4 rings (SSSR count). The van der Waals surface area contributed by atoms with Gasteiger partial charge in [0.15, 0.2) is 0 Å². The van der Waals surface area contributed by atoms with E-state index in [1.54, 1.807) is 17.9 Å². The van der Waals surface area contributed by atoms with E-state index in [0.717, 1.165) is 24.2 Å². The van der Waals surface area contributed by atoms with E-state index in [2.05, 4.69) is 21.4 Å². The molecule has 2 aliphatic rings. The van der Waals surface area contributed by atoms with Crippen LogP contribution in [0.4, 0.5) is 5.69 Å². The summed E-state index contributed by atoms with van der Waals surface area (Å²) in [5.74, 6) is 0.193. The summed E-state index contributed by atoms with van der Waals surface area (Å²) >= 11 is 0. The van der Waals surface area contributed by atoms with Crippen molar-refractivity contribution in [1.82, 2.24) is 24.9 Å². The van der Waals surface area contributed by atoms with Gasteiger partial charge in [-0.15, -0.1) is 24.8 Å². The van der Waals surface area contributed by atoms with E-state index < -0.39 is 6.04 Å². The number of halogens is 2. The first kappa shape index (κ1) is 25.1. The fourth-order valence-corrected chi connectivity index (χ4v) is 4.20. The number of benzene rings is 1. The lowest BCUT2D eigenvalue weighted by Crippen LogP contribution is -2.53. The van der Waals surface area contributed by atoms with Crippen molar-refractivity contribution in [3.05, 3.63) is 47.8 Å². The molecule has 1 aromatic heterocycles. The van der Waals surface area contributed by atoms with Crippen molar-refractivity contribution >= 4 is 42.3 Å². The highest BCUT2D eigenvalue weighted by molar-refractivity contribution is 5.96. The number of likely N-dealkylation sites (N-methyl/N-ethyl adjacent to an activating group) is 1. The van der Waals surface area contributed by atoms with Crippen LogP contribution in [0.1, 0.15) is 17.2 Å². The van der Waals surface area contributed by atoms with E-state index in [9.17, 15) is 9.59 Å². The summed E-state index contributed by atoms with van der Waals surface area (Å²) in [5.41, 5.74) is 3.15. The number of carbonyl (C=O) groups is 2. The first-order valence-corrected chi connectivity index (χ1v) is 10.1. The van der Waals surface area contributed by atoms with Gasteiger partial charge in [0.05, 0.1) is 12.7 Å². The van der Waals surface area contributed by atoms with Gasteiger partial charge in [-0.2, -0.15) is 5.10 Å². The van der Waals surface area contributed by atoms with Crippen LogP contribution in [0.2, 0.25) is 0 Å². The van der Waals surface area contributed by atoms with Crippen LogP contribution in [-0.2, 0) is 23.1 Å². The molecule has 3 heterocycles. The molecule has 170 valence electrons. The Bertz CT molecular complexity index is 898. The highest BCUT2D eigenvalue weighted by Gasteiger charge is 2.30. The number of para-hydroxylation sites is 1. The minimum Gasteiger partial charge on any atom is -0.338 e. The Morgan fingerprint density at radius 3 is 2.45 bits per heavy atom. The highest BCUT2D eigenvalue weighted by atomic mass is 35.5. The second-order valence-electron chi connectivity index (χ2n) is 7.69. The second-order valence-corrected chi connectivity index (χ2v) is 7.69. The predicted octanol–water partition coefficient (Wildman–Crippen LogP) is 1.26. The summed E-state index contributed by atoms with van der Waals surface area (Å²) in [5, 5.41) is 7.27. The maximum atomic E-state index is 12.9. The molecule has 2 aliphatic heterocycles. The van der Waals surface area contributed by atoms with Crippen LogP contribution < -0.4 is 10.2 Å². The van der Waals surface area contributed by atoms with Crippen LogP contribution in [0.3, 0.4) is 0 Å². The number of amides is 2. The topological polar surface area (TPSA) is 73.7 Å². The van der Waals surface area contributed by atoms with Crippen molar-refractivity contribution < 1.29 is 9.59 Å². The molecule has 0 bridgehead atoms. The first-order chi connectivity index (χ1) is 14.1. The summed E-state index contributed by atoms with van der Waals surface area (Å²) in [6.45, 7) is 3.81. The van der Waals surface area contributed by atoms with Crippen molar-refractivity contribution in [2.24, 2.45) is 7.05 Å². The average Bonchev–Trinajstić information content (AvgIpc) is 3.35. The number of piperazine rings is 1. The lowest BCUT2D eigenvalue weighted by atomic mass is 10.1. The third kappa shape index (κ3) is 5.38. The summed E-state index contributed by atoms with van der Waals surface area (Å²) in [6, 6.07) is 7.72. The van der Waals surface area contributed by atoms with Crippen molar-refractivity contribution in [2.45, 2.75) is 12.5 Å². The van der Waals surface area contributed by atoms with Crippen molar-refractivity contribution in [3.63, 3.8) is 0 Å². The second kappa shape index (κ2) is 10.9. The number of carbonyl (C=O) groups excluding carboxylic acids is 2. The number of nitrogens with one attached hydrogen (secondary N) is 1. The molecule has 1 unspecified atom stereocenters.